The number of nitrogens with zero attached hydrogens (tertiary/aromatic N) is 3. The van der Waals surface area contributed by atoms with Crippen molar-refractivity contribution >= 4 is 5.96 Å². The standard InChI is InChI=1S/C18H36N4O3/c1-18(2,22-7-9-24-10-8-22)15-20-17(19-3)21-6-5-16(13-21)14-25-12-11-23-4/h16H,5-15H2,1-4H3,(H,19,20). The first-order valence-corrected chi connectivity index (χ1v) is 9.42. The molecular formula is C18H36N4O3. The second-order valence-electron chi connectivity index (χ2n) is 7.48. The van der Waals surface area contributed by atoms with E-state index in [9.17, 15) is 0 Å². The molecule has 7 nitrogen and oxygen atoms in total. The van der Waals surface area contributed by atoms with Gasteiger partial charge in [0.05, 0.1) is 33.0 Å². The molecule has 1 atom stereocenters. The number of aliphatic imine (C=N–C) groups is 1. The lowest BCUT2D eigenvalue weighted by atomic mass is 10.0. The predicted octanol–water partition coefficient (Wildman–Crippen LogP) is 0.658. The Morgan fingerprint density at radius 2 is 2.00 bits per heavy atom. The van der Waals surface area contributed by atoms with Gasteiger partial charge in [0.15, 0.2) is 5.96 Å². The van der Waals surface area contributed by atoms with E-state index in [2.05, 4.69) is 34.0 Å². The number of hydrogen-bond donors (Lipinski definition) is 1. The summed E-state index contributed by atoms with van der Waals surface area (Å²) in [5.41, 5.74) is 0.0854. The summed E-state index contributed by atoms with van der Waals surface area (Å²) in [4.78, 5) is 9.33. The first-order chi connectivity index (χ1) is 12.1. The second-order valence-corrected chi connectivity index (χ2v) is 7.48. The summed E-state index contributed by atoms with van der Waals surface area (Å²) < 4.78 is 16.2. The third-order valence-corrected chi connectivity index (χ3v) is 5.13. The molecule has 2 aliphatic rings. The third-order valence-electron chi connectivity index (χ3n) is 5.13. The lowest BCUT2D eigenvalue weighted by Gasteiger charge is -2.41. The van der Waals surface area contributed by atoms with Crippen LogP contribution < -0.4 is 5.32 Å². The van der Waals surface area contributed by atoms with E-state index < -0.39 is 0 Å². The van der Waals surface area contributed by atoms with E-state index in [1.165, 1.54) is 0 Å². The first kappa shape index (κ1) is 20.4. The summed E-state index contributed by atoms with van der Waals surface area (Å²) in [5, 5.41) is 3.58. The maximum atomic E-state index is 5.68. The molecule has 1 unspecified atom stereocenters. The smallest absolute Gasteiger partial charge is 0.193 e. The molecule has 2 saturated heterocycles. The van der Waals surface area contributed by atoms with Crippen LogP contribution in [0.2, 0.25) is 0 Å². The Morgan fingerprint density at radius 3 is 2.68 bits per heavy atom. The second kappa shape index (κ2) is 10.3. The molecular weight excluding hydrogens is 320 g/mol. The molecule has 25 heavy (non-hydrogen) atoms. The van der Waals surface area contributed by atoms with E-state index in [4.69, 9.17) is 14.2 Å². The fraction of sp³-hybridized carbons (Fsp3) is 0.944. The lowest BCUT2D eigenvalue weighted by molar-refractivity contribution is -0.00847. The van der Waals surface area contributed by atoms with Gasteiger partial charge in [0, 0.05) is 58.3 Å². The van der Waals surface area contributed by atoms with Gasteiger partial charge in [0.2, 0.25) is 0 Å². The van der Waals surface area contributed by atoms with E-state index in [-0.39, 0.29) is 5.54 Å². The van der Waals surface area contributed by atoms with Crippen LogP contribution in [0.5, 0.6) is 0 Å². The van der Waals surface area contributed by atoms with Gasteiger partial charge < -0.3 is 24.4 Å². The Kier molecular flexibility index (Phi) is 8.42. The van der Waals surface area contributed by atoms with Gasteiger partial charge in [-0.2, -0.15) is 0 Å². The molecule has 0 aliphatic carbocycles. The third kappa shape index (κ3) is 6.40. The predicted molar refractivity (Wildman–Crippen MR) is 100 cm³/mol. The van der Waals surface area contributed by atoms with Crippen LogP contribution in [0.4, 0.5) is 0 Å². The molecule has 2 fully saturated rings. The zero-order chi connectivity index (χ0) is 18.1. The van der Waals surface area contributed by atoms with Gasteiger partial charge in [-0.15, -0.1) is 0 Å². The maximum absolute atomic E-state index is 5.68. The minimum absolute atomic E-state index is 0.0854. The number of rotatable bonds is 8. The molecule has 0 aromatic heterocycles. The first-order valence-electron chi connectivity index (χ1n) is 9.42. The largest absolute Gasteiger partial charge is 0.382 e. The van der Waals surface area contributed by atoms with Gasteiger partial charge in [0.1, 0.15) is 0 Å². The van der Waals surface area contributed by atoms with Crippen molar-refractivity contribution in [2.75, 3.05) is 79.9 Å². The highest BCUT2D eigenvalue weighted by Crippen LogP contribution is 2.18. The van der Waals surface area contributed by atoms with Crippen molar-refractivity contribution in [3.8, 4) is 0 Å². The highest BCUT2D eigenvalue weighted by molar-refractivity contribution is 5.80. The summed E-state index contributed by atoms with van der Waals surface area (Å²) in [6.07, 6.45) is 1.15. The zero-order valence-electron chi connectivity index (χ0n) is 16.4. The van der Waals surface area contributed by atoms with Gasteiger partial charge in [-0.3, -0.25) is 9.89 Å². The van der Waals surface area contributed by atoms with E-state index in [1.807, 2.05) is 7.05 Å². The lowest BCUT2D eigenvalue weighted by Crippen LogP contribution is -2.56. The highest BCUT2D eigenvalue weighted by atomic mass is 16.5. The maximum Gasteiger partial charge on any atom is 0.193 e. The number of nitrogens with one attached hydrogen (secondary N) is 1. The topological polar surface area (TPSA) is 58.6 Å². The van der Waals surface area contributed by atoms with E-state index >= 15 is 0 Å². The number of likely N-dealkylation sites (tertiary alicyclic amines) is 1. The molecule has 2 heterocycles. The summed E-state index contributed by atoms with van der Waals surface area (Å²) >= 11 is 0. The number of hydrogen-bond acceptors (Lipinski definition) is 5. The highest BCUT2D eigenvalue weighted by Gasteiger charge is 2.30. The average molecular weight is 357 g/mol. The Morgan fingerprint density at radius 1 is 1.24 bits per heavy atom. The molecule has 0 amide bonds. The van der Waals surface area contributed by atoms with Crippen LogP contribution in [-0.2, 0) is 14.2 Å². The molecule has 0 saturated carbocycles. The van der Waals surface area contributed by atoms with Crippen LogP contribution in [-0.4, -0.2) is 101 Å². The van der Waals surface area contributed by atoms with Crippen molar-refractivity contribution in [1.29, 1.82) is 0 Å². The fourth-order valence-electron chi connectivity index (χ4n) is 3.46. The molecule has 0 radical (unpaired) electrons. The van der Waals surface area contributed by atoms with Gasteiger partial charge in [-0.05, 0) is 20.3 Å². The number of guanidine groups is 1. The number of methoxy groups -OCH3 is 1. The van der Waals surface area contributed by atoms with Crippen LogP contribution in [0.25, 0.3) is 0 Å². The van der Waals surface area contributed by atoms with Gasteiger partial charge in [-0.25, -0.2) is 0 Å². The van der Waals surface area contributed by atoms with Crippen molar-refractivity contribution in [1.82, 2.24) is 15.1 Å². The Balaban J connectivity index is 1.74. The van der Waals surface area contributed by atoms with Crippen molar-refractivity contribution < 1.29 is 14.2 Å². The minimum Gasteiger partial charge on any atom is -0.382 e. The van der Waals surface area contributed by atoms with Crippen LogP contribution in [0.15, 0.2) is 4.99 Å². The fourth-order valence-corrected chi connectivity index (χ4v) is 3.46. The molecule has 146 valence electrons. The molecule has 2 aliphatic heterocycles. The van der Waals surface area contributed by atoms with Crippen molar-refractivity contribution in [3.63, 3.8) is 0 Å². The number of ether oxygens (including phenoxy) is 3. The van der Waals surface area contributed by atoms with Crippen LogP contribution >= 0.6 is 0 Å². The minimum atomic E-state index is 0.0854. The van der Waals surface area contributed by atoms with Crippen molar-refractivity contribution in [2.24, 2.45) is 10.9 Å². The summed E-state index contributed by atoms with van der Waals surface area (Å²) in [7, 11) is 3.57. The molecule has 1 N–H and O–H groups in total. The normalized spacial score (nSPS) is 23.3. The summed E-state index contributed by atoms with van der Waals surface area (Å²) in [6.45, 7) is 13.3. The zero-order valence-corrected chi connectivity index (χ0v) is 16.4. The van der Waals surface area contributed by atoms with E-state index in [1.54, 1.807) is 7.11 Å². The van der Waals surface area contributed by atoms with Gasteiger partial charge >= 0.3 is 0 Å². The van der Waals surface area contributed by atoms with E-state index in [0.29, 0.717) is 19.1 Å². The molecule has 0 aromatic carbocycles. The summed E-state index contributed by atoms with van der Waals surface area (Å²) in [5.74, 6) is 1.57. The van der Waals surface area contributed by atoms with Crippen LogP contribution in [0, 0.1) is 5.92 Å². The molecule has 2 rings (SSSR count). The van der Waals surface area contributed by atoms with Gasteiger partial charge in [-0.1, -0.05) is 0 Å². The van der Waals surface area contributed by atoms with Crippen LogP contribution in [0.3, 0.4) is 0 Å². The Labute approximate surface area is 152 Å². The molecule has 0 spiro atoms. The van der Waals surface area contributed by atoms with Crippen LogP contribution in [0.1, 0.15) is 20.3 Å². The Bertz CT molecular complexity index is 411. The quantitative estimate of drug-likeness (QED) is 0.392. The SMILES string of the molecule is CN=C(NCC(C)(C)N1CCOCC1)N1CCC(COCCOC)C1. The molecule has 0 bridgehead atoms. The van der Waals surface area contributed by atoms with Gasteiger partial charge in [0.25, 0.3) is 0 Å². The molecule has 7 heteroatoms. The number of morpholine rings is 1. The van der Waals surface area contributed by atoms with Crippen molar-refractivity contribution in [3.05, 3.63) is 0 Å². The van der Waals surface area contributed by atoms with Crippen molar-refractivity contribution in [2.45, 2.75) is 25.8 Å². The monoisotopic (exact) mass is 356 g/mol. The Hall–Kier alpha value is -0.890. The average Bonchev–Trinajstić information content (AvgIpc) is 3.09. The summed E-state index contributed by atoms with van der Waals surface area (Å²) in [6, 6.07) is 0. The van der Waals surface area contributed by atoms with E-state index in [0.717, 1.165) is 64.9 Å². The molecule has 0 aromatic rings.